The average molecular weight is 390 g/mol. The van der Waals surface area contributed by atoms with Gasteiger partial charge in [0.1, 0.15) is 0 Å². The molecule has 0 aliphatic rings. The first-order chi connectivity index (χ1) is 14.0. The molecule has 0 saturated heterocycles. The van der Waals surface area contributed by atoms with Gasteiger partial charge in [-0.3, -0.25) is 14.4 Å². The first-order valence-corrected chi connectivity index (χ1v) is 9.96. The van der Waals surface area contributed by atoms with E-state index >= 15 is 0 Å². The van der Waals surface area contributed by atoms with Crippen molar-refractivity contribution in [1.82, 2.24) is 14.7 Å². The van der Waals surface area contributed by atoms with E-state index in [1.807, 2.05) is 60.3 Å². The van der Waals surface area contributed by atoms with Gasteiger partial charge in [0.2, 0.25) is 5.91 Å². The van der Waals surface area contributed by atoms with Crippen molar-refractivity contribution in [3.8, 4) is 0 Å². The van der Waals surface area contributed by atoms with Gasteiger partial charge < -0.3 is 5.32 Å². The third-order valence-corrected chi connectivity index (χ3v) is 4.75. The van der Waals surface area contributed by atoms with E-state index in [1.54, 1.807) is 0 Å². The van der Waals surface area contributed by atoms with E-state index in [9.17, 15) is 4.79 Å². The van der Waals surface area contributed by atoms with Crippen LogP contribution in [0.1, 0.15) is 31.9 Å². The van der Waals surface area contributed by atoms with Crippen molar-refractivity contribution in [2.45, 2.75) is 46.4 Å². The molecular formula is C24H29N4O. The van der Waals surface area contributed by atoms with Crippen molar-refractivity contribution >= 4 is 11.7 Å². The number of aromatic nitrogens is 2. The highest BCUT2D eigenvalue weighted by molar-refractivity contribution is 5.93. The molecule has 0 aliphatic heterocycles. The summed E-state index contributed by atoms with van der Waals surface area (Å²) in [7, 11) is 0. The van der Waals surface area contributed by atoms with Crippen LogP contribution in [0.3, 0.4) is 0 Å². The van der Waals surface area contributed by atoms with Crippen molar-refractivity contribution in [2.75, 3.05) is 5.32 Å². The highest BCUT2D eigenvalue weighted by Crippen LogP contribution is 2.15. The zero-order chi connectivity index (χ0) is 20.6. The lowest BCUT2D eigenvalue weighted by Crippen LogP contribution is -2.41. The van der Waals surface area contributed by atoms with Gasteiger partial charge in [-0.1, -0.05) is 74.5 Å². The van der Waals surface area contributed by atoms with Crippen LogP contribution in [0.2, 0.25) is 0 Å². The highest BCUT2D eigenvalue weighted by Gasteiger charge is 2.22. The van der Waals surface area contributed by atoms with Gasteiger partial charge in [0.25, 0.3) is 0 Å². The fraction of sp³-hybridized carbons (Fsp3) is 0.292. The summed E-state index contributed by atoms with van der Waals surface area (Å²) in [5.41, 5.74) is 2.36. The summed E-state index contributed by atoms with van der Waals surface area (Å²) < 4.78 is 1.83. The molecule has 3 aromatic rings. The number of carbonyl (C=O) groups excluding carboxylic acids is 1. The first kappa shape index (κ1) is 20.8. The Kier molecular flexibility index (Phi) is 7.19. The lowest BCUT2D eigenvalue weighted by molar-refractivity contribution is -0.121. The van der Waals surface area contributed by atoms with E-state index in [-0.39, 0.29) is 11.9 Å². The lowest BCUT2D eigenvalue weighted by atomic mass is 10.1. The minimum atomic E-state index is -0.306. The smallest absolute Gasteiger partial charge is 0.242 e. The highest BCUT2D eigenvalue weighted by atomic mass is 16.2. The number of benzene rings is 2. The molecule has 3 rings (SSSR count). The third-order valence-electron chi connectivity index (χ3n) is 4.75. The Labute approximate surface area is 173 Å². The standard InChI is InChI=1S/C24H29N4O/c1-19(2)16-28-15-14-23(26-28)25-24(29)20(3)27(17-21-10-6-4-7-11-21)18-22-12-8-5-9-13-22/h4-15,20H,16-18H2,1-3H3,(H,25,26,29)/t20-/m0/s1. The number of nitrogens with one attached hydrogen (secondary N) is 1. The minimum absolute atomic E-state index is 0.0562. The summed E-state index contributed by atoms with van der Waals surface area (Å²) in [4.78, 5) is 15.1. The van der Waals surface area contributed by atoms with Crippen molar-refractivity contribution in [2.24, 2.45) is 0 Å². The van der Waals surface area contributed by atoms with Crippen LogP contribution in [0.4, 0.5) is 5.82 Å². The van der Waals surface area contributed by atoms with E-state index in [2.05, 4.69) is 53.4 Å². The Morgan fingerprint density at radius 1 is 0.966 bits per heavy atom. The number of hydrogen-bond acceptors (Lipinski definition) is 3. The maximum absolute atomic E-state index is 13.0. The van der Waals surface area contributed by atoms with Gasteiger partial charge in [-0.05, 0) is 24.0 Å². The second-order valence-electron chi connectivity index (χ2n) is 7.65. The minimum Gasteiger partial charge on any atom is -0.308 e. The molecule has 151 valence electrons. The van der Waals surface area contributed by atoms with Crippen molar-refractivity contribution in [3.05, 3.63) is 90.0 Å². The molecule has 2 aromatic carbocycles. The van der Waals surface area contributed by atoms with Crippen molar-refractivity contribution in [1.29, 1.82) is 0 Å². The molecule has 1 atom stereocenters. The fourth-order valence-electron chi connectivity index (χ4n) is 3.20. The number of rotatable bonds is 9. The molecular weight excluding hydrogens is 360 g/mol. The van der Waals surface area contributed by atoms with Gasteiger partial charge >= 0.3 is 0 Å². The molecule has 0 aliphatic carbocycles. The normalized spacial score (nSPS) is 12.3. The van der Waals surface area contributed by atoms with Crippen LogP contribution < -0.4 is 5.32 Å². The summed E-state index contributed by atoms with van der Waals surface area (Å²) in [6.07, 6.45) is 1.89. The van der Waals surface area contributed by atoms with E-state index in [0.29, 0.717) is 18.9 Å². The van der Waals surface area contributed by atoms with E-state index < -0.39 is 0 Å². The maximum atomic E-state index is 13.0. The molecule has 1 aromatic heterocycles. The molecule has 5 nitrogen and oxygen atoms in total. The van der Waals surface area contributed by atoms with Gasteiger partial charge in [0.15, 0.2) is 5.82 Å². The predicted molar refractivity (Wildman–Crippen MR) is 117 cm³/mol. The number of amides is 1. The quantitative estimate of drug-likeness (QED) is 0.585. The fourth-order valence-corrected chi connectivity index (χ4v) is 3.20. The van der Waals surface area contributed by atoms with E-state index in [4.69, 9.17) is 0 Å². The molecule has 29 heavy (non-hydrogen) atoms. The van der Waals surface area contributed by atoms with Gasteiger partial charge in [0.05, 0.1) is 6.04 Å². The van der Waals surface area contributed by atoms with Crippen LogP contribution in [0, 0.1) is 5.92 Å². The zero-order valence-corrected chi connectivity index (χ0v) is 17.4. The Morgan fingerprint density at radius 2 is 1.52 bits per heavy atom. The third kappa shape index (κ3) is 6.29. The summed E-state index contributed by atoms with van der Waals surface area (Å²) >= 11 is 0. The second kappa shape index (κ2) is 10.0. The maximum Gasteiger partial charge on any atom is 0.242 e. The molecule has 0 saturated carbocycles. The molecule has 0 fully saturated rings. The zero-order valence-electron chi connectivity index (χ0n) is 17.4. The molecule has 1 heterocycles. The van der Waals surface area contributed by atoms with Gasteiger partial charge in [-0.2, -0.15) is 5.10 Å². The molecule has 0 bridgehead atoms. The average Bonchev–Trinajstić information content (AvgIpc) is 3.14. The number of hydrogen-bond donors (Lipinski definition) is 1. The topological polar surface area (TPSA) is 50.2 Å². The van der Waals surface area contributed by atoms with Crippen LogP contribution in [0.5, 0.6) is 0 Å². The monoisotopic (exact) mass is 389 g/mol. The molecule has 5 heteroatoms. The molecule has 0 spiro atoms. The Hall–Kier alpha value is -2.92. The van der Waals surface area contributed by atoms with Crippen LogP contribution in [0.15, 0.2) is 72.9 Å². The van der Waals surface area contributed by atoms with Gasteiger partial charge in [-0.25, -0.2) is 0 Å². The number of anilines is 1. The molecule has 1 amide bonds. The number of carbonyl (C=O) groups is 1. The molecule has 1 radical (unpaired) electrons. The van der Waals surface area contributed by atoms with Gasteiger partial charge in [-0.15, -0.1) is 0 Å². The van der Waals surface area contributed by atoms with E-state index in [1.165, 1.54) is 17.0 Å². The van der Waals surface area contributed by atoms with Crippen LogP contribution in [-0.2, 0) is 24.4 Å². The molecule has 1 N–H and O–H groups in total. The first-order valence-electron chi connectivity index (χ1n) is 9.96. The van der Waals surface area contributed by atoms with Crippen LogP contribution in [-0.4, -0.2) is 26.6 Å². The van der Waals surface area contributed by atoms with Crippen molar-refractivity contribution in [3.63, 3.8) is 0 Å². The Bertz CT molecular complexity index is 848. The summed E-state index contributed by atoms with van der Waals surface area (Å²) in [6.45, 7) is 8.22. The number of nitrogens with zero attached hydrogens (tertiary/aromatic N) is 3. The van der Waals surface area contributed by atoms with Crippen LogP contribution >= 0.6 is 0 Å². The summed E-state index contributed by atoms with van der Waals surface area (Å²) in [6, 6.07) is 22.0. The predicted octanol–water partition coefficient (Wildman–Crippen LogP) is 4.53. The van der Waals surface area contributed by atoms with E-state index in [0.717, 1.165) is 6.54 Å². The van der Waals surface area contributed by atoms with Gasteiger partial charge in [0, 0.05) is 31.9 Å². The summed E-state index contributed by atoms with van der Waals surface area (Å²) in [5.74, 6) is 1.79. The largest absolute Gasteiger partial charge is 0.308 e. The molecule has 0 unspecified atom stereocenters. The lowest BCUT2D eigenvalue weighted by Gasteiger charge is -2.28. The van der Waals surface area contributed by atoms with Crippen LogP contribution in [0.25, 0.3) is 0 Å². The summed E-state index contributed by atoms with van der Waals surface area (Å²) in [5, 5.41) is 7.41. The Morgan fingerprint density at radius 3 is 2.03 bits per heavy atom. The van der Waals surface area contributed by atoms with Crippen molar-refractivity contribution < 1.29 is 4.79 Å². The second-order valence-corrected chi connectivity index (χ2v) is 7.65. The SMILES string of the molecule is C[C](C)Cn1ccc(NC(=O)[C@H](C)N(Cc2ccccc2)Cc2ccccc2)n1. The Balaban J connectivity index is 1.71.